The van der Waals surface area contributed by atoms with Crippen LogP contribution in [0.15, 0.2) is 53.5 Å². The van der Waals surface area contributed by atoms with Crippen LogP contribution in [-0.2, 0) is 13.6 Å². The maximum Gasteiger partial charge on any atom is 0.253 e. The molecule has 1 atom stereocenters. The highest BCUT2D eigenvalue weighted by molar-refractivity contribution is 5.94. The summed E-state index contributed by atoms with van der Waals surface area (Å²) in [5.74, 6) is -0.118. The second kappa shape index (κ2) is 6.79. The van der Waals surface area contributed by atoms with Crippen LogP contribution >= 0.6 is 0 Å². The molecule has 3 rings (SSSR count). The lowest BCUT2D eigenvalue weighted by atomic mass is 10.2. The number of hydrogen-bond acceptors (Lipinski definition) is 3. The number of carbonyl (C=O) groups excluding carboxylic acids is 1. The van der Waals surface area contributed by atoms with Crippen molar-refractivity contribution in [2.75, 3.05) is 13.1 Å². The molecule has 1 aliphatic rings. The predicted molar refractivity (Wildman–Crippen MR) is 89.3 cm³/mol. The molecule has 2 aromatic rings. The van der Waals surface area contributed by atoms with Crippen molar-refractivity contribution in [1.29, 1.82) is 0 Å². The fourth-order valence-corrected chi connectivity index (χ4v) is 2.93. The molecule has 0 bridgehead atoms. The van der Waals surface area contributed by atoms with Crippen molar-refractivity contribution >= 4 is 5.91 Å². The molecular formula is C18H21N3O2. The summed E-state index contributed by atoms with van der Waals surface area (Å²) in [5, 5.41) is 3.06. The molecule has 1 fully saturated rings. The Morgan fingerprint density at radius 1 is 1.22 bits per heavy atom. The number of rotatable bonds is 4. The van der Waals surface area contributed by atoms with Crippen molar-refractivity contribution in [2.24, 2.45) is 7.05 Å². The number of hydrogen-bond donors (Lipinski definition) is 1. The number of nitrogens with one attached hydrogen (secondary N) is 1. The van der Waals surface area contributed by atoms with Crippen molar-refractivity contribution in [3.05, 3.63) is 70.1 Å². The van der Waals surface area contributed by atoms with Gasteiger partial charge in [-0.3, -0.25) is 14.5 Å². The molecule has 5 nitrogen and oxygen atoms in total. The molecule has 0 saturated carbocycles. The lowest BCUT2D eigenvalue weighted by molar-refractivity contribution is 0.0937. The summed E-state index contributed by atoms with van der Waals surface area (Å²) in [6.45, 7) is 2.74. The Balaban J connectivity index is 1.56. The van der Waals surface area contributed by atoms with Crippen LogP contribution < -0.4 is 10.9 Å². The molecule has 120 valence electrons. The molecule has 1 aromatic heterocycles. The van der Waals surface area contributed by atoms with Crippen molar-refractivity contribution in [3.8, 4) is 0 Å². The molecule has 0 radical (unpaired) electrons. The second-order valence-corrected chi connectivity index (χ2v) is 6.05. The normalized spacial score (nSPS) is 18.0. The van der Waals surface area contributed by atoms with E-state index in [2.05, 4.69) is 22.3 Å². The summed E-state index contributed by atoms with van der Waals surface area (Å²) in [5.41, 5.74) is 1.70. The average Bonchev–Trinajstić information content (AvgIpc) is 2.98. The summed E-state index contributed by atoms with van der Waals surface area (Å²) in [4.78, 5) is 26.0. The van der Waals surface area contributed by atoms with Gasteiger partial charge in [0.1, 0.15) is 0 Å². The number of carbonyl (C=O) groups is 1. The van der Waals surface area contributed by atoms with E-state index in [-0.39, 0.29) is 17.5 Å². The number of benzene rings is 1. The van der Waals surface area contributed by atoms with Gasteiger partial charge in [0.2, 0.25) is 5.56 Å². The summed E-state index contributed by atoms with van der Waals surface area (Å²) >= 11 is 0. The summed E-state index contributed by atoms with van der Waals surface area (Å²) in [7, 11) is 1.65. The molecule has 1 aliphatic heterocycles. The van der Waals surface area contributed by atoms with Crippen LogP contribution in [0, 0.1) is 0 Å². The van der Waals surface area contributed by atoms with Gasteiger partial charge in [0.25, 0.3) is 5.91 Å². The highest BCUT2D eigenvalue weighted by Crippen LogP contribution is 2.14. The van der Waals surface area contributed by atoms with Crippen LogP contribution in [0.1, 0.15) is 22.3 Å². The first kappa shape index (κ1) is 15.5. The second-order valence-electron chi connectivity index (χ2n) is 6.05. The third-order valence-electron chi connectivity index (χ3n) is 4.20. The summed E-state index contributed by atoms with van der Waals surface area (Å²) in [6.07, 6.45) is 2.53. The predicted octanol–water partition coefficient (Wildman–Crippen LogP) is 1.39. The number of amides is 1. The smallest absolute Gasteiger partial charge is 0.253 e. The van der Waals surface area contributed by atoms with Crippen molar-refractivity contribution in [2.45, 2.75) is 19.0 Å². The van der Waals surface area contributed by atoms with Crippen LogP contribution in [0.2, 0.25) is 0 Å². The van der Waals surface area contributed by atoms with Gasteiger partial charge < -0.3 is 9.88 Å². The van der Waals surface area contributed by atoms with Gasteiger partial charge in [-0.15, -0.1) is 0 Å². The fraction of sp³-hybridized carbons (Fsp3) is 0.333. The molecule has 23 heavy (non-hydrogen) atoms. The van der Waals surface area contributed by atoms with Gasteiger partial charge in [0.15, 0.2) is 0 Å². The number of aryl methyl sites for hydroxylation is 1. The first-order valence-corrected chi connectivity index (χ1v) is 7.85. The van der Waals surface area contributed by atoms with E-state index < -0.39 is 0 Å². The van der Waals surface area contributed by atoms with E-state index in [9.17, 15) is 9.59 Å². The number of aromatic nitrogens is 1. The SMILES string of the molecule is Cn1cc(C(=O)N[C@H]2CCN(Cc3ccccc3)C2)ccc1=O. The Bertz CT molecular complexity index is 739. The highest BCUT2D eigenvalue weighted by atomic mass is 16.2. The standard InChI is InChI=1S/C18H21N3O2/c1-20-12-15(7-8-17(20)22)18(23)19-16-9-10-21(13-16)11-14-5-3-2-4-6-14/h2-8,12,16H,9-11,13H2,1H3,(H,19,23)/t16-/m0/s1. The third-order valence-corrected chi connectivity index (χ3v) is 4.20. The van der Waals surface area contributed by atoms with Crippen molar-refractivity contribution < 1.29 is 4.79 Å². The Morgan fingerprint density at radius 3 is 2.74 bits per heavy atom. The Morgan fingerprint density at radius 2 is 2.00 bits per heavy atom. The van der Waals surface area contributed by atoms with E-state index in [1.807, 2.05) is 18.2 Å². The molecule has 5 heteroatoms. The zero-order chi connectivity index (χ0) is 16.2. The summed E-state index contributed by atoms with van der Waals surface area (Å²) < 4.78 is 1.42. The van der Waals surface area contributed by atoms with Gasteiger partial charge in [-0.1, -0.05) is 30.3 Å². The van der Waals surface area contributed by atoms with Crippen LogP contribution in [0.25, 0.3) is 0 Å². The number of nitrogens with zero attached hydrogens (tertiary/aromatic N) is 2. The molecule has 1 aromatic carbocycles. The van der Waals surface area contributed by atoms with Gasteiger partial charge in [0.05, 0.1) is 5.56 Å². The van der Waals surface area contributed by atoms with E-state index >= 15 is 0 Å². The van der Waals surface area contributed by atoms with Gasteiger partial charge >= 0.3 is 0 Å². The molecule has 1 N–H and O–H groups in total. The first-order chi connectivity index (χ1) is 11.1. The monoisotopic (exact) mass is 311 g/mol. The zero-order valence-corrected chi connectivity index (χ0v) is 13.2. The molecule has 0 unspecified atom stereocenters. The average molecular weight is 311 g/mol. The van der Waals surface area contributed by atoms with Gasteiger partial charge in [-0.25, -0.2) is 0 Å². The van der Waals surface area contributed by atoms with Crippen LogP contribution in [0.5, 0.6) is 0 Å². The summed E-state index contributed by atoms with van der Waals surface area (Å²) in [6, 6.07) is 13.5. The minimum Gasteiger partial charge on any atom is -0.348 e. The minimum atomic E-state index is -0.118. The van der Waals surface area contributed by atoms with Gasteiger partial charge in [-0.2, -0.15) is 0 Å². The molecule has 2 heterocycles. The molecule has 0 spiro atoms. The van der Waals surface area contributed by atoms with E-state index in [4.69, 9.17) is 0 Å². The van der Waals surface area contributed by atoms with Gasteiger partial charge in [-0.05, 0) is 18.1 Å². The Labute approximate surface area is 135 Å². The maximum atomic E-state index is 12.3. The van der Waals surface area contributed by atoms with Crippen LogP contribution in [-0.4, -0.2) is 34.5 Å². The van der Waals surface area contributed by atoms with Crippen LogP contribution in [0.3, 0.4) is 0 Å². The molecule has 1 amide bonds. The van der Waals surface area contributed by atoms with E-state index in [0.29, 0.717) is 5.56 Å². The largest absolute Gasteiger partial charge is 0.348 e. The quantitative estimate of drug-likeness (QED) is 0.928. The third kappa shape index (κ3) is 3.87. The maximum absolute atomic E-state index is 12.3. The van der Waals surface area contributed by atoms with E-state index in [1.165, 1.54) is 16.2 Å². The Hall–Kier alpha value is -2.40. The first-order valence-electron chi connectivity index (χ1n) is 7.85. The van der Waals surface area contributed by atoms with Crippen molar-refractivity contribution in [3.63, 3.8) is 0 Å². The number of pyridine rings is 1. The molecule has 0 aliphatic carbocycles. The lowest BCUT2D eigenvalue weighted by Gasteiger charge is -2.17. The topological polar surface area (TPSA) is 54.3 Å². The van der Waals surface area contributed by atoms with Crippen LogP contribution in [0.4, 0.5) is 0 Å². The van der Waals surface area contributed by atoms with E-state index in [1.54, 1.807) is 19.3 Å². The van der Waals surface area contributed by atoms with Gasteiger partial charge in [0, 0.05) is 45.0 Å². The number of likely N-dealkylation sites (tertiary alicyclic amines) is 1. The minimum absolute atomic E-state index is 0.114. The lowest BCUT2D eigenvalue weighted by Crippen LogP contribution is -2.37. The van der Waals surface area contributed by atoms with E-state index in [0.717, 1.165) is 26.1 Å². The fourth-order valence-electron chi connectivity index (χ4n) is 2.93. The zero-order valence-electron chi connectivity index (χ0n) is 13.2. The Kier molecular flexibility index (Phi) is 4.57. The highest BCUT2D eigenvalue weighted by Gasteiger charge is 2.24. The molecule has 1 saturated heterocycles. The van der Waals surface area contributed by atoms with Crippen molar-refractivity contribution in [1.82, 2.24) is 14.8 Å². The molecular weight excluding hydrogens is 290 g/mol.